The molecule has 2 rings (SSSR count). The lowest BCUT2D eigenvalue weighted by atomic mass is 10.0. The first-order valence-electron chi connectivity index (χ1n) is 9.59. The fraction of sp³-hybridized carbons (Fsp3) is 0.833. The second-order valence-corrected chi connectivity index (χ2v) is 7.00. The third-order valence-corrected chi connectivity index (χ3v) is 5.16. The van der Waals surface area contributed by atoms with Crippen molar-refractivity contribution >= 4 is 17.8 Å². The smallest absolute Gasteiger partial charge is 0.224 e. The standard InChI is InChI=1S/C18H33N5O2/c1-4-16(24)22-12-9-15(13-22)21-18(19-3)20-10-8-17(25)23-11-6-5-7-14(23)2/h14-15H,4-13H2,1-3H3,(H2,19,20,21). The number of carbonyl (C=O) groups excluding carboxylic acids is 2. The summed E-state index contributed by atoms with van der Waals surface area (Å²) in [4.78, 5) is 32.2. The number of aliphatic imine (C=N–C) groups is 1. The molecule has 2 N–H and O–H groups in total. The molecular weight excluding hydrogens is 318 g/mol. The Morgan fingerprint density at radius 3 is 2.64 bits per heavy atom. The number of amides is 2. The van der Waals surface area contributed by atoms with Gasteiger partial charge in [0, 0.05) is 58.2 Å². The summed E-state index contributed by atoms with van der Waals surface area (Å²) in [5.74, 6) is 1.12. The van der Waals surface area contributed by atoms with E-state index in [4.69, 9.17) is 0 Å². The summed E-state index contributed by atoms with van der Waals surface area (Å²) < 4.78 is 0. The Bertz CT molecular complexity index is 494. The lowest BCUT2D eigenvalue weighted by Gasteiger charge is -2.33. The zero-order valence-electron chi connectivity index (χ0n) is 15.9. The average molecular weight is 351 g/mol. The molecule has 0 aromatic rings. The highest BCUT2D eigenvalue weighted by Crippen LogP contribution is 2.17. The van der Waals surface area contributed by atoms with Crippen LogP contribution in [0.25, 0.3) is 0 Å². The minimum atomic E-state index is 0.202. The number of nitrogens with zero attached hydrogens (tertiary/aromatic N) is 3. The highest BCUT2D eigenvalue weighted by atomic mass is 16.2. The van der Waals surface area contributed by atoms with Crippen molar-refractivity contribution in [3.63, 3.8) is 0 Å². The maximum Gasteiger partial charge on any atom is 0.224 e. The zero-order chi connectivity index (χ0) is 18.2. The molecule has 0 aliphatic carbocycles. The van der Waals surface area contributed by atoms with Crippen LogP contribution in [0.1, 0.15) is 52.4 Å². The molecule has 142 valence electrons. The van der Waals surface area contributed by atoms with Gasteiger partial charge in [0.05, 0.1) is 0 Å². The summed E-state index contributed by atoms with van der Waals surface area (Å²) in [5, 5.41) is 6.58. The molecule has 2 heterocycles. The van der Waals surface area contributed by atoms with Gasteiger partial charge in [-0.3, -0.25) is 14.6 Å². The monoisotopic (exact) mass is 351 g/mol. The van der Waals surface area contributed by atoms with Crippen LogP contribution < -0.4 is 10.6 Å². The molecule has 2 aliphatic rings. The lowest BCUT2D eigenvalue weighted by molar-refractivity contribution is -0.134. The molecule has 0 radical (unpaired) electrons. The van der Waals surface area contributed by atoms with Gasteiger partial charge in [-0.05, 0) is 32.6 Å². The minimum absolute atomic E-state index is 0.202. The predicted molar refractivity (Wildman–Crippen MR) is 99.4 cm³/mol. The van der Waals surface area contributed by atoms with Crippen LogP contribution in [-0.4, -0.2) is 72.9 Å². The van der Waals surface area contributed by atoms with Gasteiger partial charge in [0.15, 0.2) is 5.96 Å². The van der Waals surface area contributed by atoms with Crippen LogP contribution >= 0.6 is 0 Å². The number of guanidine groups is 1. The van der Waals surface area contributed by atoms with Crippen molar-refractivity contribution in [2.45, 2.75) is 64.5 Å². The fourth-order valence-corrected chi connectivity index (χ4v) is 3.62. The predicted octanol–water partition coefficient (Wildman–Crippen LogP) is 0.953. The van der Waals surface area contributed by atoms with Crippen LogP contribution in [0.2, 0.25) is 0 Å². The summed E-state index contributed by atoms with van der Waals surface area (Å²) in [6.45, 7) is 7.00. The van der Waals surface area contributed by atoms with Crippen molar-refractivity contribution in [2.24, 2.45) is 4.99 Å². The Morgan fingerprint density at radius 2 is 1.96 bits per heavy atom. The summed E-state index contributed by atoms with van der Waals surface area (Å²) >= 11 is 0. The van der Waals surface area contributed by atoms with Crippen molar-refractivity contribution in [1.82, 2.24) is 20.4 Å². The molecule has 25 heavy (non-hydrogen) atoms. The summed E-state index contributed by atoms with van der Waals surface area (Å²) in [5.41, 5.74) is 0. The van der Waals surface area contributed by atoms with Gasteiger partial charge in [0.25, 0.3) is 0 Å². The van der Waals surface area contributed by atoms with Crippen molar-refractivity contribution in [3.8, 4) is 0 Å². The number of hydrogen-bond acceptors (Lipinski definition) is 3. The third kappa shape index (κ3) is 5.61. The van der Waals surface area contributed by atoms with Gasteiger partial charge >= 0.3 is 0 Å². The minimum Gasteiger partial charge on any atom is -0.356 e. The Morgan fingerprint density at radius 1 is 1.16 bits per heavy atom. The van der Waals surface area contributed by atoms with E-state index in [2.05, 4.69) is 22.5 Å². The molecule has 0 aromatic carbocycles. The number of piperidine rings is 1. The molecule has 0 saturated carbocycles. The number of nitrogens with one attached hydrogen (secondary N) is 2. The quantitative estimate of drug-likeness (QED) is 0.571. The number of likely N-dealkylation sites (tertiary alicyclic amines) is 2. The SMILES string of the molecule is CCC(=O)N1CCC(NC(=NC)NCCC(=O)N2CCCCC2C)C1. The zero-order valence-corrected chi connectivity index (χ0v) is 15.9. The first-order chi connectivity index (χ1) is 12.0. The van der Waals surface area contributed by atoms with E-state index in [0.717, 1.165) is 38.9 Å². The van der Waals surface area contributed by atoms with E-state index in [1.165, 1.54) is 6.42 Å². The first-order valence-corrected chi connectivity index (χ1v) is 9.59. The highest BCUT2D eigenvalue weighted by molar-refractivity contribution is 5.82. The topological polar surface area (TPSA) is 77.0 Å². The normalized spacial score (nSPS) is 24.4. The summed E-state index contributed by atoms with van der Waals surface area (Å²) in [6, 6.07) is 0.582. The van der Waals surface area contributed by atoms with Gasteiger partial charge in [-0.25, -0.2) is 0 Å². The fourth-order valence-electron chi connectivity index (χ4n) is 3.62. The molecule has 7 heteroatoms. The second-order valence-electron chi connectivity index (χ2n) is 7.00. The van der Waals surface area contributed by atoms with Gasteiger partial charge in [-0.2, -0.15) is 0 Å². The Balaban J connectivity index is 1.70. The third-order valence-electron chi connectivity index (χ3n) is 5.16. The molecule has 0 aromatic heterocycles. The molecule has 2 amide bonds. The summed E-state index contributed by atoms with van der Waals surface area (Å²) in [6.07, 6.45) is 5.40. The second kappa shape index (κ2) is 9.63. The molecule has 2 aliphatic heterocycles. The van der Waals surface area contributed by atoms with Crippen LogP contribution in [0.4, 0.5) is 0 Å². The molecule has 2 fully saturated rings. The van der Waals surface area contributed by atoms with E-state index in [0.29, 0.717) is 31.4 Å². The first kappa shape index (κ1) is 19.5. The maximum absolute atomic E-state index is 12.4. The molecule has 2 atom stereocenters. The summed E-state index contributed by atoms with van der Waals surface area (Å²) in [7, 11) is 1.73. The number of carbonyl (C=O) groups is 2. The van der Waals surface area contributed by atoms with E-state index in [9.17, 15) is 9.59 Å². The Hall–Kier alpha value is -1.79. The Labute approximate surface area is 151 Å². The average Bonchev–Trinajstić information content (AvgIpc) is 3.09. The van der Waals surface area contributed by atoms with Gasteiger partial charge in [0.1, 0.15) is 0 Å². The van der Waals surface area contributed by atoms with Crippen LogP contribution in [0.3, 0.4) is 0 Å². The Kier molecular flexibility index (Phi) is 7.52. The van der Waals surface area contributed by atoms with E-state index in [-0.39, 0.29) is 17.9 Å². The number of rotatable bonds is 5. The van der Waals surface area contributed by atoms with E-state index in [1.807, 2.05) is 16.7 Å². The van der Waals surface area contributed by atoms with Crippen LogP contribution in [0.15, 0.2) is 4.99 Å². The van der Waals surface area contributed by atoms with Gasteiger partial charge < -0.3 is 20.4 Å². The van der Waals surface area contributed by atoms with Crippen LogP contribution in [0.5, 0.6) is 0 Å². The maximum atomic E-state index is 12.4. The van der Waals surface area contributed by atoms with Crippen molar-refractivity contribution < 1.29 is 9.59 Å². The van der Waals surface area contributed by atoms with Gasteiger partial charge in [0.2, 0.25) is 11.8 Å². The highest BCUT2D eigenvalue weighted by Gasteiger charge is 2.26. The van der Waals surface area contributed by atoms with E-state index in [1.54, 1.807) is 7.05 Å². The lowest BCUT2D eigenvalue weighted by Crippen LogP contribution is -2.47. The van der Waals surface area contributed by atoms with Crippen molar-refractivity contribution in [2.75, 3.05) is 33.2 Å². The molecule has 2 saturated heterocycles. The molecule has 2 unspecified atom stereocenters. The van der Waals surface area contributed by atoms with E-state index >= 15 is 0 Å². The van der Waals surface area contributed by atoms with Gasteiger partial charge in [-0.1, -0.05) is 6.92 Å². The molecule has 7 nitrogen and oxygen atoms in total. The molecule has 0 bridgehead atoms. The van der Waals surface area contributed by atoms with Crippen LogP contribution in [-0.2, 0) is 9.59 Å². The van der Waals surface area contributed by atoms with Crippen LogP contribution in [0, 0.1) is 0 Å². The molecular formula is C18H33N5O2. The number of hydrogen-bond donors (Lipinski definition) is 2. The largest absolute Gasteiger partial charge is 0.356 e. The van der Waals surface area contributed by atoms with Crippen molar-refractivity contribution in [1.29, 1.82) is 0 Å². The van der Waals surface area contributed by atoms with Crippen molar-refractivity contribution in [3.05, 3.63) is 0 Å². The van der Waals surface area contributed by atoms with E-state index < -0.39 is 0 Å². The molecule has 0 spiro atoms. The van der Waals surface area contributed by atoms with Gasteiger partial charge in [-0.15, -0.1) is 0 Å².